The van der Waals surface area contributed by atoms with Crippen LogP contribution in [0.15, 0.2) is 91.0 Å². The van der Waals surface area contributed by atoms with Crippen LogP contribution in [0.25, 0.3) is 0 Å². The van der Waals surface area contributed by atoms with Gasteiger partial charge >= 0.3 is 35.8 Å². The molecule has 0 radical (unpaired) electrons. The molecule has 44 heavy (non-hydrogen) atoms. The molecule has 0 amide bonds. The van der Waals surface area contributed by atoms with Crippen molar-refractivity contribution in [1.82, 2.24) is 0 Å². The van der Waals surface area contributed by atoms with Gasteiger partial charge in [-0.1, -0.05) is 54.6 Å². The maximum absolute atomic E-state index is 13.3. The van der Waals surface area contributed by atoms with Crippen molar-refractivity contribution < 1.29 is 57.2 Å². The molecule has 0 aliphatic carbocycles. The quantitative estimate of drug-likeness (QED) is 0.158. The molecule has 0 saturated carbocycles. The van der Waals surface area contributed by atoms with Crippen LogP contribution in [-0.2, 0) is 42.8 Å². The predicted molar refractivity (Wildman–Crippen MR) is 151 cm³/mol. The fraction of sp³-hybridized carbons (Fsp3) is 0.250. The summed E-state index contributed by atoms with van der Waals surface area (Å²) in [6.07, 6.45) is -7.43. The maximum Gasteiger partial charge on any atom is 0.338 e. The summed E-state index contributed by atoms with van der Waals surface area (Å²) in [5, 5.41) is 0. The van der Waals surface area contributed by atoms with E-state index in [1.807, 2.05) is 0 Å². The van der Waals surface area contributed by atoms with Crippen molar-refractivity contribution in [2.75, 3.05) is 6.61 Å². The molecule has 3 atom stereocenters. The molecular formula is C32H30O12. The zero-order valence-corrected chi connectivity index (χ0v) is 24.1. The number of esters is 6. The highest BCUT2D eigenvalue weighted by Gasteiger charge is 2.46. The van der Waals surface area contributed by atoms with Gasteiger partial charge in [0, 0.05) is 20.8 Å². The fourth-order valence-corrected chi connectivity index (χ4v) is 3.87. The van der Waals surface area contributed by atoms with Crippen LogP contribution in [0.5, 0.6) is 0 Å². The van der Waals surface area contributed by atoms with Crippen molar-refractivity contribution in [2.24, 2.45) is 0 Å². The zero-order chi connectivity index (χ0) is 32.1. The first-order chi connectivity index (χ1) is 21.0. The van der Waals surface area contributed by atoms with Crippen molar-refractivity contribution >= 4 is 35.8 Å². The van der Waals surface area contributed by atoms with Gasteiger partial charge in [0.1, 0.15) is 6.61 Å². The van der Waals surface area contributed by atoms with Gasteiger partial charge in [-0.25, -0.2) is 14.4 Å². The van der Waals surface area contributed by atoms with Crippen LogP contribution in [0.4, 0.5) is 0 Å². The highest BCUT2D eigenvalue weighted by atomic mass is 17.0. The molecule has 0 N–H and O–H groups in total. The van der Waals surface area contributed by atoms with E-state index in [2.05, 4.69) is 0 Å². The number of ether oxygens (including phenoxy) is 6. The molecule has 0 aliphatic rings. The summed E-state index contributed by atoms with van der Waals surface area (Å²) in [5.74, 6) is -5.59. The Morgan fingerprint density at radius 3 is 1.36 bits per heavy atom. The second-order valence-electron chi connectivity index (χ2n) is 9.17. The van der Waals surface area contributed by atoms with Gasteiger partial charge in [-0.05, 0) is 36.4 Å². The molecule has 12 nitrogen and oxygen atoms in total. The molecule has 0 saturated heterocycles. The Hall–Kier alpha value is -5.52. The van der Waals surface area contributed by atoms with Gasteiger partial charge in [0.2, 0.25) is 6.10 Å². The van der Waals surface area contributed by atoms with Crippen molar-refractivity contribution in [3.63, 3.8) is 0 Å². The largest absolute Gasteiger partial charge is 0.458 e. The van der Waals surface area contributed by atoms with E-state index in [0.29, 0.717) is 0 Å². The molecule has 0 spiro atoms. The first kappa shape index (κ1) is 33.0. The second-order valence-corrected chi connectivity index (χ2v) is 9.17. The molecule has 0 fully saturated rings. The zero-order valence-electron chi connectivity index (χ0n) is 24.1. The van der Waals surface area contributed by atoms with Crippen molar-refractivity contribution in [2.45, 2.75) is 45.4 Å². The van der Waals surface area contributed by atoms with Crippen LogP contribution >= 0.6 is 0 Å². The van der Waals surface area contributed by atoms with Gasteiger partial charge in [0.05, 0.1) is 16.7 Å². The van der Waals surface area contributed by atoms with E-state index < -0.39 is 67.0 Å². The standard InChI is InChI=1S/C32H30O12/c1-20(33)40-26(19-39-29(36)23-13-7-4-8-14-23)27(43-30(37)24-15-9-5-10-16-24)28(32(41-21(2)34)42-22(3)35)44-31(38)25-17-11-6-12-18-25/h4-18,26-28,32H,19H2,1-3H3/t26-,27-,28-/m1/s1/i32+2. The Morgan fingerprint density at radius 1 is 0.545 bits per heavy atom. The lowest BCUT2D eigenvalue weighted by Crippen LogP contribution is -2.54. The Kier molecular flexibility index (Phi) is 12.1. The van der Waals surface area contributed by atoms with Gasteiger partial charge < -0.3 is 28.4 Å². The minimum absolute atomic E-state index is 0.0366. The lowest BCUT2D eigenvalue weighted by Gasteiger charge is -2.35. The number of carbonyl (C=O) groups excluding carboxylic acids is 6. The lowest BCUT2D eigenvalue weighted by atomic mass is 10.1. The van der Waals surface area contributed by atoms with Gasteiger partial charge in [0.15, 0.2) is 12.2 Å². The first-order valence-electron chi connectivity index (χ1n) is 13.3. The van der Waals surface area contributed by atoms with Gasteiger partial charge in [-0.2, -0.15) is 0 Å². The third kappa shape index (κ3) is 10.1. The number of benzene rings is 3. The summed E-state index contributed by atoms with van der Waals surface area (Å²) < 4.78 is 32.5. The van der Waals surface area contributed by atoms with E-state index in [1.54, 1.807) is 54.6 Å². The van der Waals surface area contributed by atoms with E-state index in [-0.39, 0.29) is 16.7 Å². The summed E-state index contributed by atoms with van der Waals surface area (Å²) in [4.78, 5) is 75.7. The van der Waals surface area contributed by atoms with E-state index in [0.717, 1.165) is 20.8 Å². The number of carbonyl (C=O) groups is 6. The summed E-state index contributed by atoms with van der Waals surface area (Å²) in [5.41, 5.74) is 0.247. The summed E-state index contributed by atoms with van der Waals surface area (Å²) in [6.45, 7) is 2.33. The van der Waals surface area contributed by atoms with E-state index in [9.17, 15) is 28.8 Å². The molecule has 3 aromatic rings. The average Bonchev–Trinajstić information content (AvgIpc) is 3.01. The Labute approximate surface area is 252 Å². The molecule has 0 aromatic heterocycles. The Morgan fingerprint density at radius 2 is 0.955 bits per heavy atom. The SMILES string of the molecule is CC(=O)O[C@H](COC(=O)c1ccccc1)[C@@H](OC(=O)c1ccccc1)[C@@H](OC(=O)c1ccccc1)[14CH](OC(C)=O)OC(C)=O. The minimum Gasteiger partial charge on any atom is -0.458 e. The van der Waals surface area contributed by atoms with Crippen LogP contribution in [0, 0.1) is 0 Å². The van der Waals surface area contributed by atoms with E-state index in [1.165, 1.54) is 36.4 Å². The van der Waals surface area contributed by atoms with Crippen molar-refractivity contribution in [3.05, 3.63) is 108 Å². The third-order valence-corrected chi connectivity index (χ3v) is 5.73. The van der Waals surface area contributed by atoms with Gasteiger partial charge in [-0.3, -0.25) is 14.4 Å². The molecule has 0 aliphatic heterocycles. The van der Waals surface area contributed by atoms with Gasteiger partial charge in [-0.15, -0.1) is 0 Å². The lowest BCUT2D eigenvalue weighted by molar-refractivity contribution is -0.225. The van der Waals surface area contributed by atoms with Crippen LogP contribution in [0.1, 0.15) is 51.8 Å². The van der Waals surface area contributed by atoms with Gasteiger partial charge in [0.25, 0.3) is 6.29 Å². The maximum atomic E-state index is 13.3. The van der Waals surface area contributed by atoms with Crippen molar-refractivity contribution in [3.8, 4) is 0 Å². The molecule has 230 valence electrons. The third-order valence-electron chi connectivity index (χ3n) is 5.73. The van der Waals surface area contributed by atoms with Crippen LogP contribution in [0.3, 0.4) is 0 Å². The van der Waals surface area contributed by atoms with Crippen LogP contribution in [0.2, 0.25) is 0 Å². The van der Waals surface area contributed by atoms with E-state index >= 15 is 0 Å². The molecule has 0 bridgehead atoms. The fourth-order valence-electron chi connectivity index (χ4n) is 3.87. The monoisotopic (exact) mass is 608 g/mol. The molecule has 3 rings (SSSR count). The Balaban J connectivity index is 2.10. The summed E-state index contributed by atoms with van der Waals surface area (Å²) in [7, 11) is 0. The highest BCUT2D eigenvalue weighted by molar-refractivity contribution is 5.91. The summed E-state index contributed by atoms with van der Waals surface area (Å²) in [6, 6.07) is 23.1. The number of hydrogen-bond donors (Lipinski definition) is 0. The van der Waals surface area contributed by atoms with Crippen molar-refractivity contribution in [1.29, 1.82) is 0 Å². The first-order valence-corrected chi connectivity index (χ1v) is 13.3. The summed E-state index contributed by atoms with van der Waals surface area (Å²) >= 11 is 0. The minimum atomic E-state index is -1.99. The normalized spacial score (nSPS) is 12.5. The van der Waals surface area contributed by atoms with Crippen LogP contribution < -0.4 is 0 Å². The highest BCUT2D eigenvalue weighted by Crippen LogP contribution is 2.23. The van der Waals surface area contributed by atoms with Crippen LogP contribution in [-0.4, -0.2) is 67.0 Å². The molecule has 12 heteroatoms. The second kappa shape index (κ2) is 16.2. The molecule has 0 unspecified atom stereocenters. The molecule has 0 heterocycles. The number of rotatable bonds is 13. The smallest absolute Gasteiger partial charge is 0.338 e. The van der Waals surface area contributed by atoms with E-state index in [4.69, 9.17) is 28.4 Å². The topological polar surface area (TPSA) is 158 Å². The average molecular weight is 609 g/mol. The Bertz CT molecular complexity index is 1420. The molecule has 3 aromatic carbocycles. The number of hydrogen-bond acceptors (Lipinski definition) is 12. The predicted octanol–water partition coefficient (Wildman–Crippen LogP) is 3.68. The molecular weight excluding hydrogens is 578 g/mol.